The van der Waals surface area contributed by atoms with Crippen LogP contribution in [0.2, 0.25) is 0 Å². The molecule has 2 heterocycles. The van der Waals surface area contributed by atoms with Gasteiger partial charge in [-0.3, -0.25) is 14.3 Å². The molecule has 0 radical (unpaired) electrons. The number of aliphatic hydroxyl groups is 2. The third kappa shape index (κ3) is 6.43. The number of halogens is 1. The monoisotopic (exact) mass is 532 g/mol. The number of H-pyrrole nitrogens is 1. The smallest absolute Gasteiger partial charge is 0.384 e. The van der Waals surface area contributed by atoms with Gasteiger partial charge in [-0.05, 0) is 18.7 Å². The molecule has 31 heavy (non-hydrogen) atoms. The number of phosphoric acid groups is 2. The maximum absolute atomic E-state index is 15.2. The van der Waals surface area contributed by atoms with E-state index in [4.69, 9.17) is 14.5 Å². The normalized spacial score (nSPS) is 33.0. The highest BCUT2D eigenvalue weighted by Gasteiger charge is 2.63. The van der Waals surface area contributed by atoms with Crippen molar-refractivity contribution in [2.24, 2.45) is 0 Å². The summed E-state index contributed by atoms with van der Waals surface area (Å²) >= 11 is 4.31. The van der Waals surface area contributed by atoms with E-state index < -0.39 is 64.0 Å². The third-order valence-corrected chi connectivity index (χ3v) is 8.41. The van der Waals surface area contributed by atoms with Gasteiger partial charge < -0.3 is 39.0 Å². The minimum absolute atomic E-state index is 0.535. The lowest BCUT2D eigenvalue weighted by Gasteiger charge is -2.28. The molecule has 1 fully saturated rings. The molecule has 0 bridgehead atoms. The second-order valence-corrected chi connectivity index (χ2v) is 12.1. The highest BCUT2D eigenvalue weighted by atomic mass is 32.5. The van der Waals surface area contributed by atoms with Gasteiger partial charge in [0.25, 0.3) is 11.4 Å². The molecule has 6 atom stereocenters. The number of ether oxygens (including phenoxy) is 1. The Morgan fingerprint density at radius 1 is 1.29 bits per heavy atom. The van der Waals surface area contributed by atoms with Gasteiger partial charge in [-0.15, -0.1) is 0 Å². The van der Waals surface area contributed by atoms with E-state index in [-0.39, 0.29) is 0 Å². The van der Waals surface area contributed by atoms with Crippen LogP contribution in [0.3, 0.4) is 0 Å². The van der Waals surface area contributed by atoms with E-state index in [0.29, 0.717) is 4.57 Å². The van der Waals surface area contributed by atoms with E-state index in [1.54, 1.807) is 0 Å². The van der Waals surface area contributed by atoms with Gasteiger partial charge in [-0.25, -0.2) is 22.6 Å². The number of aromatic amines is 1. The second kappa shape index (κ2) is 8.59. The van der Waals surface area contributed by atoms with E-state index in [1.165, 1.54) is 0 Å². The van der Waals surface area contributed by atoms with Crippen molar-refractivity contribution in [3.8, 4) is 0 Å². The summed E-state index contributed by atoms with van der Waals surface area (Å²) in [6, 6.07) is 0.836. The van der Waals surface area contributed by atoms with Crippen LogP contribution in [0, 0.1) is 0 Å². The van der Waals surface area contributed by atoms with Crippen molar-refractivity contribution in [1.82, 2.24) is 9.55 Å². The van der Waals surface area contributed by atoms with Crippen LogP contribution >= 0.6 is 22.4 Å². The minimum Gasteiger partial charge on any atom is -0.384 e. The van der Waals surface area contributed by atoms with Crippen LogP contribution in [0.25, 0.3) is 0 Å². The fourth-order valence-electron chi connectivity index (χ4n) is 2.48. The maximum atomic E-state index is 15.2. The van der Waals surface area contributed by atoms with E-state index in [1.807, 2.05) is 4.98 Å². The predicted molar refractivity (Wildman–Crippen MR) is 98.4 cm³/mol. The molecule has 1 saturated heterocycles. The summed E-state index contributed by atoms with van der Waals surface area (Å²) in [5.74, 6) is -3.40. The zero-order chi connectivity index (χ0) is 24.0. The van der Waals surface area contributed by atoms with Gasteiger partial charge in [0.15, 0.2) is 6.23 Å². The number of aliphatic hydroxyl groups excluding tert-OH is 1. The highest BCUT2D eigenvalue weighted by Crippen LogP contribution is 2.66. The molecule has 0 aliphatic carbocycles. The van der Waals surface area contributed by atoms with E-state index in [9.17, 15) is 38.7 Å². The average molecular weight is 532 g/mol. The predicted octanol–water partition coefficient (Wildman–Crippen LogP) is -1.70. The first-order valence-corrected chi connectivity index (χ1v) is 13.3. The summed E-state index contributed by atoms with van der Waals surface area (Å²) in [4.78, 5) is 60.8. The van der Waals surface area contributed by atoms with Gasteiger partial charge in [0.05, 0.1) is 0 Å². The first-order valence-electron chi connectivity index (χ1n) is 7.65. The summed E-state index contributed by atoms with van der Waals surface area (Å²) in [6.45, 7) is -5.64. The molecule has 1 aromatic heterocycles. The number of alkyl halides is 1. The molecule has 1 aliphatic heterocycles. The molecule has 1 aromatic rings. The maximum Gasteiger partial charge on any atom is 0.488 e. The Labute approximate surface area is 175 Å². The van der Waals surface area contributed by atoms with Gasteiger partial charge in [-0.2, -0.15) is 4.31 Å². The number of aromatic nitrogens is 2. The average Bonchev–Trinajstić information content (AvgIpc) is 2.71. The fourth-order valence-corrected chi connectivity index (χ4v) is 6.43. The molecular formula is C10H16FN2O14P3S. The lowest BCUT2D eigenvalue weighted by molar-refractivity contribution is -0.204. The van der Waals surface area contributed by atoms with Crippen LogP contribution in [0.1, 0.15) is 13.2 Å². The first kappa shape index (κ1) is 26.6. The topological polar surface area (TPSA) is 247 Å². The highest BCUT2D eigenvalue weighted by molar-refractivity contribution is 8.08. The van der Waals surface area contributed by atoms with Gasteiger partial charge >= 0.3 is 28.1 Å². The van der Waals surface area contributed by atoms with Crippen LogP contribution in [0.15, 0.2) is 21.9 Å². The van der Waals surface area contributed by atoms with Gasteiger partial charge in [0.2, 0.25) is 0 Å². The quantitative estimate of drug-likeness (QED) is 0.184. The molecule has 16 nitrogen and oxygen atoms in total. The standard InChI is InChI=1S/C10H16FN2O14P3S/c1-9(17)6(15)10(11,25-7(9)13-3-2-5(14)12-8(13)16)4-24-30(23,31)27-29(21,22)26-28(18,19)20/h2-3,6-7,15,17H,4H2,1H3,(H,21,22)(H,23,31)(H,12,14,16)(H2,18,19,20)/t6-,7+,9+,10+,30+/m0/s1. The number of nitrogens with one attached hydrogen (secondary N) is 1. The lowest BCUT2D eigenvalue weighted by atomic mass is 9.95. The Balaban J connectivity index is 2.22. The van der Waals surface area contributed by atoms with Crippen LogP contribution in [0.5, 0.6) is 0 Å². The van der Waals surface area contributed by atoms with Crippen molar-refractivity contribution in [2.45, 2.75) is 30.7 Å². The van der Waals surface area contributed by atoms with Gasteiger partial charge in [-0.1, -0.05) is 0 Å². The molecule has 21 heteroatoms. The SMILES string of the molecule is C[C@]1(O)[C@H](n2ccc(=O)[nH]c2=O)O[C@](F)(CO[P@@](O)(=S)OP(=O)(O)OP(=O)(O)O)[C@H]1O. The zero-order valence-corrected chi connectivity index (χ0v) is 18.5. The van der Waals surface area contributed by atoms with Crippen molar-refractivity contribution >= 4 is 34.2 Å². The fraction of sp³-hybridized carbons (Fsp3) is 0.600. The Bertz CT molecular complexity index is 1100. The zero-order valence-electron chi connectivity index (χ0n) is 15.0. The van der Waals surface area contributed by atoms with E-state index in [2.05, 4.69) is 25.0 Å². The molecule has 2 rings (SSSR count). The molecule has 0 amide bonds. The molecule has 178 valence electrons. The van der Waals surface area contributed by atoms with Crippen molar-refractivity contribution < 1.29 is 61.2 Å². The van der Waals surface area contributed by atoms with E-state index in [0.717, 1.165) is 19.2 Å². The molecule has 0 spiro atoms. The summed E-state index contributed by atoms with van der Waals surface area (Å²) in [6.07, 6.45) is -3.56. The van der Waals surface area contributed by atoms with Crippen molar-refractivity contribution in [3.63, 3.8) is 0 Å². The number of hydrogen-bond donors (Lipinski definition) is 7. The van der Waals surface area contributed by atoms with Crippen LogP contribution < -0.4 is 11.2 Å². The molecule has 1 unspecified atom stereocenters. The molecular weight excluding hydrogens is 516 g/mol. The number of nitrogens with zero attached hydrogens (tertiary/aromatic N) is 1. The largest absolute Gasteiger partial charge is 0.488 e. The number of hydrogen-bond acceptors (Lipinski definition) is 11. The Morgan fingerprint density at radius 3 is 2.39 bits per heavy atom. The van der Waals surface area contributed by atoms with E-state index >= 15 is 4.39 Å². The summed E-state index contributed by atoms with van der Waals surface area (Å²) in [5.41, 5.74) is -4.48. The lowest BCUT2D eigenvalue weighted by Crippen LogP contribution is -2.50. The Morgan fingerprint density at radius 2 is 1.87 bits per heavy atom. The second-order valence-electron chi connectivity index (χ2n) is 6.27. The molecule has 0 saturated carbocycles. The Kier molecular flexibility index (Phi) is 7.36. The molecule has 0 aromatic carbocycles. The van der Waals surface area contributed by atoms with Gasteiger partial charge in [0, 0.05) is 12.3 Å². The summed E-state index contributed by atoms with van der Waals surface area (Å²) in [5, 5.41) is 20.6. The minimum atomic E-state index is -5.68. The first-order chi connectivity index (χ1) is 13.8. The van der Waals surface area contributed by atoms with Crippen molar-refractivity contribution in [2.75, 3.05) is 6.61 Å². The van der Waals surface area contributed by atoms with Crippen LogP contribution in [-0.4, -0.2) is 63.5 Å². The van der Waals surface area contributed by atoms with Crippen LogP contribution in [-0.2, 0) is 38.8 Å². The van der Waals surface area contributed by atoms with Crippen molar-refractivity contribution in [1.29, 1.82) is 0 Å². The molecule has 1 aliphatic rings. The number of rotatable bonds is 8. The summed E-state index contributed by atoms with van der Waals surface area (Å²) in [7, 11) is -11.2. The van der Waals surface area contributed by atoms with Gasteiger partial charge in [0.1, 0.15) is 18.3 Å². The van der Waals surface area contributed by atoms with Crippen LogP contribution in [0.4, 0.5) is 4.39 Å². The van der Waals surface area contributed by atoms with Crippen molar-refractivity contribution in [3.05, 3.63) is 33.1 Å². The molecule has 7 N–H and O–H groups in total. The third-order valence-electron chi connectivity index (χ3n) is 3.71. The Hall–Kier alpha value is -0.680. The summed E-state index contributed by atoms with van der Waals surface area (Å²) < 4.78 is 54.4.